The molecule has 3 N–H and O–H groups in total. The van der Waals surface area contributed by atoms with Crippen molar-refractivity contribution in [2.24, 2.45) is 0 Å². The van der Waals surface area contributed by atoms with Gasteiger partial charge in [-0.15, -0.1) is 0 Å². The molecule has 1 heterocycles. The Morgan fingerprint density at radius 3 is 2.88 bits per heavy atom. The number of benzene rings is 1. The number of rotatable bonds is 3. The summed E-state index contributed by atoms with van der Waals surface area (Å²) in [5.74, 6) is -1.78. The number of carbonyl (C=O) groups is 1. The lowest BCUT2D eigenvalue weighted by molar-refractivity contribution is -0.141. The number of nitrogens with zero attached hydrogens (tertiary/aromatic N) is 1. The van der Waals surface area contributed by atoms with Crippen LogP contribution in [-0.2, 0) is 4.79 Å². The van der Waals surface area contributed by atoms with Gasteiger partial charge in [-0.25, -0.2) is 9.59 Å². The summed E-state index contributed by atoms with van der Waals surface area (Å²) in [4.78, 5) is 22.8. The van der Waals surface area contributed by atoms with E-state index in [9.17, 15) is 9.59 Å². The Kier molecular flexibility index (Phi) is 2.63. The summed E-state index contributed by atoms with van der Waals surface area (Å²) in [5.41, 5.74) is 6.72. The van der Waals surface area contributed by atoms with Crippen LogP contribution < -0.4 is 11.5 Å². The fraction of sp³-hybridized carbons (Fsp3) is 0.273. The van der Waals surface area contributed by atoms with E-state index in [1.165, 1.54) is 0 Å². The number of oxazole rings is 1. The molecule has 0 bridgehead atoms. The van der Waals surface area contributed by atoms with Gasteiger partial charge in [0.1, 0.15) is 11.6 Å². The van der Waals surface area contributed by atoms with Crippen LogP contribution in [0.15, 0.2) is 27.4 Å². The van der Waals surface area contributed by atoms with Crippen LogP contribution in [0.2, 0.25) is 0 Å². The Labute approximate surface area is 96.3 Å². The van der Waals surface area contributed by atoms with Crippen LogP contribution >= 0.6 is 0 Å². The smallest absolute Gasteiger partial charge is 0.420 e. The molecular weight excluding hydrogens is 224 g/mol. The lowest BCUT2D eigenvalue weighted by Crippen LogP contribution is -2.26. The van der Waals surface area contributed by atoms with Crippen LogP contribution in [-0.4, -0.2) is 15.6 Å². The molecule has 2 aromatic rings. The second-order valence-corrected chi connectivity index (χ2v) is 3.69. The second-order valence-electron chi connectivity index (χ2n) is 3.69. The minimum Gasteiger partial charge on any atom is -0.480 e. The van der Waals surface area contributed by atoms with Crippen LogP contribution in [0.4, 0.5) is 5.69 Å². The van der Waals surface area contributed by atoms with Crippen molar-refractivity contribution < 1.29 is 14.3 Å². The number of hydrogen-bond donors (Lipinski definition) is 2. The third-order valence-corrected chi connectivity index (χ3v) is 2.65. The highest BCUT2D eigenvalue weighted by Crippen LogP contribution is 2.24. The SMILES string of the molecule is CCC(C(=O)O)n1c(=O)oc2cccc(N)c21. The monoisotopic (exact) mass is 236 g/mol. The molecule has 90 valence electrons. The number of para-hydroxylation sites is 1. The molecule has 1 atom stereocenters. The number of nitrogens with two attached hydrogens (primary N) is 1. The summed E-state index contributed by atoms with van der Waals surface area (Å²) in [6.07, 6.45) is 0.276. The zero-order chi connectivity index (χ0) is 12.6. The number of carboxylic acid groups (broad SMARTS) is 1. The molecule has 6 heteroatoms. The molecule has 0 radical (unpaired) electrons. The summed E-state index contributed by atoms with van der Waals surface area (Å²) >= 11 is 0. The molecule has 6 nitrogen and oxygen atoms in total. The van der Waals surface area contributed by atoms with E-state index in [1.807, 2.05) is 0 Å². The maximum atomic E-state index is 11.7. The van der Waals surface area contributed by atoms with E-state index in [2.05, 4.69) is 0 Å². The van der Waals surface area contributed by atoms with Crippen molar-refractivity contribution in [2.45, 2.75) is 19.4 Å². The Hall–Kier alpha value is -2.24. The summed E-state index contributed by atoms with van der Waals surface area (Å²) in [5, 5.41) is 9.08. The Morgan fingerprint density at radius 2 is 2.29 bits per heavy atom. The van der Waals surface area contributed by atoms with E-state index in [-0.39, 0.29) is 6.42 Å². The van der Waals surface area contributed by atoms with Crippen molar-refractivity contribution in [1.29, 1.82) is 0 Å². The molecule has 0 fully saturated rings. The van der Waals surface area contributed by atoms with Gasteiger partial charge >= 0.3 is 11.7 Å². The van der Waals surface area contributed by atoms with Gasteiger partial charge in [-0.05, 0) is 18.6 Å². The van der Waals surface area contributed by atoms with Gasteiger partial charge in [-0.2, -0.15) is 0 Å². The molecule has 1 unspecified atom stereocenters. The van der Waals surface area contributed by atoms with E-state index in [0.29, 0.717) is 16.8 Å². The predicted octanol–water partition coefficient (Wildman–Crippen LogP) is 1.21. The standard InChI is InChI=1S/C11H12N2O4/c1-2-7(10(14)15)13-9-6(12)4-3-5-8(9)17-11(13)16/h3-5,7H,2,12H2,1H3,(H,14,15). The zero-order valence-corrected chi connectivity index (χ0v) is 9.21. The van der Waals surface area contributed by atoms with Crippen LogP contribution in [0.25, 0.3) is 11.1 Å². The lowest BCUT2D eigenvalue weighted by Gasteiger charge is -2.11. The van der Waals surface area contributed by atoms with E-state index in [0.717, 1.165) is 4.57 Å². The van der Waals surface area contributed by atoms with Gasteiger partial charge < -0.3 is 15.3 Å². The summed E-state index contributed by atoms with van der Waals surface area (Å²) in [6.45, 7) is 1.68. The molecule has 1 aromatic carbocycles. The third-order valence-electron chi connectivity index (χ3n) is 2.65. The molecule has 1 aromatic heterocycles. The van der Waals surface area contributed by atoms with Gasteiger partial charge in [0, 0.05) is 0 Å². The quantitative estimate of drug-likeness (QED) is 0.780. The van der Waals surface area contributed by atoms with E-state index in [4.69, 9.17) is 15.3 Å². The third kappa shape index (κ3) is 1.67. The van der Waals surface area contributed by atoms with Crippen molar-refractivity contribution in [3.8, 4) is 0 Å². The lowest BCUT2D eigenvalue weighted by atomic mass is 10.2. The number of aromatic nitrogens is 1. The molecule has 0 aliphatic rings. The van der Waals surface area contributed by atoms with Crippen molar-refractivity contribution >= 4 is 22.8 Å². The van der Waals surface area contributed by atoms with Gasteiger partial charge in [0.15, 0.2) is 5.58 Å². The summed E-state index contributed by atoms with van der Waals surface area (Å²) in [6, 6.07) is 3.86. The Bertz CT molecular complexity index is 626. The topological polar surface area (TPSA) is 98.5 Å². The van der Waals surface area contributed by atoms with E-state index < -0.39 is 17.8 Å². The second kappa shape index (κ2) is 3.97. The normalized spacial score (nSPS) is 12.8. The highest BCUT2D eigenvalue weighted by molar-refractivity contribution is 5.87. The van der Waals surface area contributed by atoms with Crippen LogP contribution in [0, 0.1) is 0 Å². The predicted molar refractivity (Wildman–Crippen MR) is 61.9 cm³/mol. The highest BCUT2D eigenvalue weighted by Gasteiger charge is 2.24. The van der Waals surface area contributed by atoms with Gasteiger partial charge in [0.2, 0.25) is 0 Å². The molecule has 0 spiro atoms. The fourth-order valence-corrected chi connectivity index (χ4v) is 1.86. The zero-order valence-electron chi connectivity index (χ0n) is 9.21. The van der Waals surface area contributed by atoms with E-state index >= 15 is 0 Å². The largest absolute Gasteiger partial charge is 0.480 e. The summed E-state index contributed by atoms with van der Waals surface area (Å²) < 4.78 is 6.07. The maximum absolute atomic E-state index is 11.7. The number of carboxylic acids is 1. The van der Waals surface area contributed by atoms with Crippen molar-refractivity contribution in [3.05, 3.63) is 28.7 Å². The Morgan fingerprint density at radius 1 is 1.59 bits per heavy atom. The molecule has 0 amide bonds. The number of anilines is 1. The van der Waals surface area contributed by atoms with Crippen molar-refractivity contribution in [3.63, 3.8) is 0 Å². The molecule has 17 heavy (non-hydrogen) atoms. The number of nitrogen functional groups attached to an aromatic ring is 1. The van der Waals surface area contributed by atoms with Crippen LogP contribution in [0.1, 0.15) is 19.4 Å². The minimum absolute atomic E-state index is 0.276. The van der Waals surface area contributed by atoms with Crippen LogP contribution in [0.3, 0.4) is 0 Å². The molecule has 0 aliphatic carbocycles. The Balaban J connectivity index is 2.80. The molecule has 0 saturated carbocycles. The van der Waals surface area contributed by atoms with Gasteiger partial charge in [-0.1, -0.05) is 13.0 Å². The first kappa shape index (κ1) is 11.3. The highest BCUT2D eigenvalue weighted by atomic mass is 16.4. The minimum atomic E-state index is -1.08. The molecule has 0 saturated heterocycles. The summed E-state index contributed by atoms with van der Waals surface area (Å²) in [7, 11) is 0. The van der Waals surface area contributed by atoms with E-state index in [1.54, 1.807) is 25.1 Å². The van der Waals surface area contributed by atoms with Crippen LogP contribution in [0.5, 0.6) is 0 Å². The van der Waals surface area contributed by atoms with Gasteiger partial charge in [-0.3, -0.25) is 4.57 Å². The number of aliphatic carboxylic acids is 1. The van der Waals surface area contributed by atoms with Gasteiger partial charge in [0.05, 0.1) is 5.69 Å². The first-order valence-electron chi connectivity index (χ1n) is 5.18. The number of hydrogen-bond acceptors (Lipinski definition) is 4. The maximum Gasteiger partial charge on any atom is 0.420 e. The van der Waals surface area contributed by atoms with Crippen molar-refractivity contribution in [2.75, 3.05) is 5.73 Å². The molecular formula is C11H12N2O4. The van der Waals surface area contributed by atoms with Gasteiger partial charge in [0.25, 0.3) is 0 Å². The molecule has 2 rings (SSSR count). The molecule has 0 aliphatic heterocycles. The average Bonchev–Trinajstić information content (AvgIpc) is 2.58. The first-order valence-corrected chi connectivity index (χ1v) is 5.18. The van der Waals surface area contributed by atoms with Crippen molar-refractivity contribution in [1.82, 2.24) is 4.57 Å². The number of fused-ring (bicyclic) bond motifs is 1. The fourth-order valence-electron chi connectivity index (χ4n) is 1.86. The first-order chi connectivity index (χ1) is 8.06. The average molecular weight is 236 g/mol.